The van der Waals surface area contributed by atoms with Crippen LogP contribution in [0.3, 0.4) is 0 Å². The molecule has 1 fully saturated rings. The molecule has 1 unspecified atom stereocenters. The summed E-state index contributed by atoms with van der Waals surface area (Å²) in [5.41, 5.74) is 5.71. The molecule has 0 radical (unpaired) electrons. The second-order valence-electron chi connectivity index (χ2n) is 5.93. The Morgan fingerprint density at radius 2 is 1.94 bits per heavy atom. The van der Waals surface area contributed by atoms with Crippen LogP contribution in [0.4, 0.5) is 0 Å². The SMILES string of the molecule is CC(CC1CC1)NC(=O)[C@@H](N)C(C)(C)C.Cl. The topological polar surface area (TPSA) is 55.1 Å². The standard InChI is InChI=1S/C12H24N2O.ClH/c1-8(7-9-5-6-9)14-11(15)10(13)12(2,3)4;/h8-10H,5-7,13H2,1-4H3,(H,14,15);1H/t8?,10-;/m1./s1. The number of carbonyl (C=O) groups excluding carboxylic acids is 1. The summed E-state index contributed by atoms with van der Waals surface area (Å²) in [4.78, 5) is 11.8. The van der Waals surface area contributed by atoms with Crippen LogP contribution in [0, 0.1) is 11.3 Å². The lowest BCUT2D eigenvalue weighted by Gasteiger charge is -2.27. The molecule has 0 aromatic heterocycles. The summed E-state index contributed by atoms with van der Waals surface area (Å²) >= 11 is 0. The highest BCUT2D eigenvalue weighted by Gasteiger charge is 2.29. The highest BCUT2D eigenvalue weighted by molar-refractivity contribution is 5.85. The Morgan fingerprint density at radius 3 is 2.31 bits per heavy atom. The number of carbonyl (C=O) groups is 1. The summed E-state index contributed by atoms with van der Waals surface area (Å²) in [6.07, 6.45) is 3.75. The molecule has 4 heteroatoms. The molecule has 0 aromatic rings. The maximum atomic E-state index is 11.8. The van der Waals surface area contributed by atoms with Crippen LogP contribution in [-0.4, -0.2) is 18.0 Å². The van der Waals surface area contributed by atoms with Crippen LogP contribution in [0.25, 0.3) is 0 Å². The number of nitrogens with one attached hydrogen (secondary N) is 1. The summed E-state index contributed by atoms with van der Waals surface area (Å²) in [6, 6.07) is -0.155. The zero-order valence-corrected chi connectivity index (χ0v) is 11.6. The average Bonchev–Trinajstić information content (AvgIpc) is 2.84. The van der Waals surface area contributed by atoms with Crippen molar-refractivity contribution in [2.24, 2.45) is 17.1 Å². The van der Waals surface area contributed by atoms with Gasteiger partial charge in [-0.15, -0.1) is 12.4 Å². The molecule has 1 rings (SSSR count). The molecule has 96 valence electrons. The van der Waals surface area contributed by atoms with Crippen molar-refractivity contribution in [3.8, 4) is 0 Å². The van der Waals surface area contributed by atoms with Crippen molar-refractivity contribution in [3.63, 3.8) is 0 Å². The molecule has 0 bridgehead atoms. The van der Waals surface area contributed by atoms with E-state index in [2.05, 4.69) is 12.2 Å². The van der Waals surface area contributed by atoms with Crippen molar-refractivity contribution < 1.29 is 4.79 Å². The van der Waals surface area contributed by atoms with E-state index >= 15 is 0 Å². The molecule has 0 heterocycles. The van der Waals surface area contributed by atoms with Crippen LogP contribution in [0.2, 0.25) is 0 Å². The lowest BCUT2D eigenvalue weighted by atomic mass is 9.87. The second kappa shape index (κ2) is 5.87. The van der Waals surface area contributed by atoms with Gasteiger partial charge in [0.05, 0.1) is 6.04 Å². The maximum Gasteiger partial charge on any atom is 0.237 e. The molecule has 3 N–H and O–H groups in total. The third kappa shape index (κ3) is 5.17. The van der Waals surface area contributed by atoms with Crippen molar-refractivity contribution in [1.29, 1.82) is 0 Å². The van der Waals surface area contributed by atoms with Crippen molar-refractivity contribution >= 4 is 18.3 Å². The zero-order valence-electron chi connectivity index (χ0n) is 10.7. The van der Waals surface area contributed by atoms with Gasteiger partial charge in [0.25, 0.3) is 0 Å². The van der Waals surface area contributed by atoms with Gasteiger partial charge < -0.3 is 11.1 Å². The van der Waals surface area contributed by atoms with E-state index in [4.69, 9.17) is 5.73 Å². The minimum Gasteiger partial charge on any atom is -0.352 e. The number of hydrogen-bond donors (Lipinski definition) is 2. The Labute approximate surface area is 105 Å². The smallest absolute Gasteiger partial charge is 0.237 e. The van der Waals surface area contributed by atoms with E-state index in [0.29, 0.717) is 0 Å². The van der Waals surface area contributed by atoms with Gasteiger partial charge in [-0.3, -0.25) is 4.79 Å². The first kappa shape index (κ1) is 15.7. The fraction of sp³-hybridized carbons (Fsp3) is 0.917. The number of nitrogens with two attached hydrogens (primary N) is 1. The van der Waals surface area contributed by atoms with Crippen LogP contribution in [0.1, 0.15) is 47.0 Å². The number of rotatable bonds is 4. The van der Waals surface area contributed by atoms with E-state index in [-0.39, 0.29) is 29.8 Å². The van der Waals surface area contributed by atoms with Gasteiger partial charge in [-0.2, -0.15) is 0 Å². The van der Waals surface area contributed by atoms with Crippen molar-refractivity contribution in [2.45, 2.75) is 59.0 Å². The molecule has 1 aliphatic carbocycles. The van der Waals surface area contributed by atoms with E-state index in [1.807, 2.05) is 20.8 Å². The Hall–Kier alpha value is -0.280. The van der Waals surface area contributed by atoms with E-state index in [9.17, 15) is 4.79 Å². The predicted octanol–water partition coefficient (Wildman–Crippen LogP) is 2.09. The van der Waals surface area contributed by atoms with Crippen LogP contribution in [0.5, 0.6) is 0 Å². The predicted molar refractivity (Wildman–Crippen MR) is 69.6 cm³/mol. The Balaban J connectivity index is 0.00000225. The first-order chi connectivity index (χ1) is 6.80. The van der Waals surface area contributed by atoms with Gasteiger partial charge in [-0.05, 0) is 24.7 Å². The van der Waals surface area contributed by atoms with Gasteiger partial charge in [-0.25, -0.2) is 0 Å². The number of amides is 1. The molecule has 1 saturated carbocycles. The average molecular weight is 249 g/mol. The minimum absolute atomic E-state index is 0. The zero-order chi connectivity index (χ0) is 11.6. The molecular formula is C12H25ClN2O. The Kier molecular flexibility index (Phi) is 5.77. The van der Waals surface area contributed by atoms with Crippen molar-refractivity contribution in [2.75, 3.05) is 0 Å². The van der Waals surface area contributed by atoms with Gasteiger partial charge >= 0.3 is 0 Å². The van der Waals surface area contributed by atoms with Crippen molar-refractivity contribution in [1.82, 2.24) is 5.32 Å². The normalized spacial score (nSPS) is 19.6. The van der Waals surface area contributed by atoms with E-state index in [1.165, 1.54) is 12.8 Å². The Morgan fingerprint density at radius 1 is 1.44 bits per heavy atom. The second-order valence-corrected chi connectivity index (χ2v) is 5.93. The van der Waals surface area contributed by atoms with Crippen LogP contribution < -0.4 is 11.1 Å². The monoisotopic (exact) mass is 248 g/mol. The van der Waals surface area contributed by atoms with Crippen LogP contribution in [0.15, 0.2) is 0 Å². The molecule has 3 nitrogen and oxygen atoms in total. The summed E-state index contributed by atoms with van der Waals surface area (Å²) in [7, 11) is 0. The molecule has 2 atom stereocenters. The molecule has 16 heavy (non-hydrogen) atoms. The minimum atomic E-state index is -0.417. The van der Waals surface area contributed by atoms with Crippen molar-refractivity contribution in [3.05, 3.63) is 0 Å². The van der Waals surface area contributed by atoms with E-state index < -0.39 is 6.04 Å². The lowest BCUT2D eigenvalue weighted by molar-refractivity contribution is -0.125. The molecule has 0 aliphatic heterocycles. The quantitative estimate of drug-likeness (QED) is 0.801. The van der Waals surface area contributed by atoms with Gasteiger partial charge in [0, 0.05) is 6.04 Å². The highest BCUT2D eigenvalue weighted by atomic mass is 35.5. The first-order valence-corrected chi connectivity index (χ1v) is 5.86. The largest absolute Gasteiger partial charge is 0.352 e. The number of hydrogen-bond acceptors (Lipinski definition) is 2. The van der Waals surface area contributed by atoms with Gasteiger partial charge in [-0.1, -0.05) is 33.6 Å². The van der Waals surface area contributed by atoms with Crippen LogP contribution >= 0.6 is 12.4 Å². The van der Waals surface area contributed by atoms with Gasteiger partial charge in [0.2, 0.25) is 5.91 Å². The fourth-order valence-electron chi connectivity index (χ4n) is 1.64. The van der Waals surface area contributed by atoms with E-state index in [1.54, 1.807) is 0 Å². The third-order valence-electron chi connectivity index (χ3n) is 2.99. The molecule has 0 saturated heterocycles. The summed E-state index contributed by atoms with van der Waals surface area (Å²) in [6.45, 7) is 8.03. The molecule has 1 amide bonds. The third-order valence-corrected chi connectivity index (χ3v) is 2.99. The number of halogens is 1. The van der Waals surface area contributed by atoms with Gasteiger partial charge in [0.1, 0.15) is 0 Å². The summed E-state index contributed by atoms with van der Waals surface area (Å²) < 4.78 is 0. The Bertz CT molecular complexity index is 234. The lowest BCUT2D eigenvalue weighted by Crippen LogP contribution is -2.50. The fourth-order valence-corrected chi connectivity index (χ4v) is 1.64. The molecule has 1 aliphatic rings. The highest BCUT2D eigenvalue weighted by Crippen LogP contribution is 2.33. The van der Waals surface area contributed by atoms with E-state index in [0.717, 1.165) is 12.3 Å². The molecular weight excluding hydrogens is 224 g/mol. The van der Waals surface area contributed by atoms with Crippen LogP contribution in [-0.2, 0) is 4.79 Å². The first-order valence-electron chi connectivity index (χ1n) is 5.86. The summed E-state index contributed by atoms with van der Waals surface area (Å²) in [5.74, 6) is 0.821. The van der Waals surface area contributed by atoms with Gasteiger partial charge in [0.15, 0.2) is 0 Å². The molecule has 0 spiro atoms. The molecule has 0 aromatic carbocycles. The maximum absolute atomic E-state index is 11.8. The summed E-state index contributed by atoms with van der Waals surface area (Å²) in [5, 5.41) is 2.99.